The van der Waals surface area contributed by atoms with E-state index in [4.69, 9.17) is 9.47 Å². The molecule has 0 heterocycles. The summed E-state index contributed by atoms with van der Waals surface area (Å²) in [6, 6.07) is 11.2. The smallest absolute Gasteiger partial charge is 0.128 e. The molecular weight excluding hydrogens is 271 g/mol. The number of benzene rings is 2. The number of hydrogen-bond donors (Lipinski definition) is 1. The van der Waals surface area contributed by atoms with Crippen LogP contribution in [-0.2, 0) is 5.60 Å². The zero-order chi connectivity index (χ0) is 15.5. The Hall–Kier alpha value is -2.07. The summed E-state index contributed by atoms with van der Waals surface area (Å²) in [5.41, 5.74) is -0.243. The van der Waals surface area contributed by atoms with E-state index in [1.807, 2.05) is 6.92 Å². The third-order valence-electron chi connectivity index (χ3n) is 3.67. The highest BCUT2D eigenvalue weighted by atomic mass is 19.1. The molecule has 0 amide bonds. The van der Waals surface area contributed by atoms with Gasteiger partial charge in [-0.1, -0.05) is 19.1 Å². The first-order chi connectivity index (χ1) is 10.0. The third kappa shape index (κ3) is 2.85. The van der Waals surface area contributed by atoms with Crippen molar-refractivity contribution in [2.45, 2.75) is 18.9 Å². The molecule has 2 rings (SSSR count). The van der Waals surface area contributed by atoms with Gasteiger partial charge in [0.05, 0.1) is 14.2 Å². The van der Waals surface area contributed by atoms with E-state index in [9.17, 15) is 9.50 Å². The second-order valence-electron chi connectivity index (χ2n) is 4.79. The maximum Gasteiger partial charge on any atom is 0.128 e. The Morgan fingerprint density at radius 3 is 2.43 bits per heavy atom. The molecule has 0 spiro atoms. The standard InChI is InChI=1S/C17H19FO3/c1-4-17(19,12-6-5-7-13(18)10-12)15-9-8-14(20-2)11-16(15)21-3/h5-11,19H,4H2,1-3H3. The molecule has 0 fully saturated rings. The van der Waals surface area contributed by atoms with E-state index in [1.165, 1.54) is 19.2 Å². The van der Waals surface area contributed by atoms with Crippen LogP contribution < -0.4 is 9.47 Å². The molecule has 3 nitrogen and oxygen atoms in total. The molecule has 112 valence electrons. The molecule has 1 unspecified atom stereocenters. The molecule has 2 aromatic carbocycles. The first-order valence-electron chi connectivity index (χ1n) is 6.76. The van der Waals surface area contributed by atoms with Gasteiger partial charge in [-0.2, -0.15) is 0 Å². The van der Waals surface area contributed by atoms with Crippen molar-refractivity contribution in [3.63, 3.8) is 0 Å². The molecule has 0 bridgehead atoms. The lowest BCUT2D eigenvalue weighted by Crippen LogP contribution is -2.27. The average molecular weight is 290 g/mol. The number of halogens is 1. The van der Waals surface area contributed by atoms with Gasteiger partial charge in [-0.05, 0) is 36.2 Å². The van der Waals surface area contributed by atoms with Crippen molar-refractivity contribution in [2.75, 3.05) is 14.2 Å². The Morgan fingerprint density at radius 1 is 1.10 bits per heavy atom. The molecule has 0 radical (unpaired) electrons. The Balaban J connectivity index is 2.59. The van der Waals surface area contributed by atoms with Crippen LogP contribution >= 0.6 is 0 Å². The Kier molecular flexibility index (Phi) is 4.48. The van der Waals surface area contributed by atoms with Crippen LogP contribution in [0.2, 0.25) is 0 Å². The van der Waals surface area contributed by atoms with Crippen molar-refractivity contribution in [3.8, 4) is 11.5 Å². The largest absolute Gasteiger partial charge is 0.497 e. The lowest BCUT2D eigenvalue weighted by atomic mass is 9.83. The molecule has 0 aromatic heterocycles. The van der Waals surface area contributed by atoms with Crippen LogP contribution in [0.1, 0.15) is 24.5 Å². The van der Waals surface area contributed by atoms with Gasteiger partial charge in [0.25, 0.3) is 0 Å². The molecule has 0 aliphatic rings. The van der Waals surface area contributed by atoms with Gasteiger partial charge >= 0.3 is 0 Å². The van der Waals surface area contributed by atoms with Crippen molar-refractivity contribution >= 4 is 0 Å². The second-order valence-corrected chi connectivity index (χ2v) is 4.79. The second kappa shape index (κ2) is 6.14. The first-order valence-corrected chi connectivity index (χ1v) is 6.76. The van der Waals surface area contributed by atoms with E-state index >= 15 is 0 Å². The van der Waals surface area contributed by atoms with Crippen molar-refractivity contribution in [2.24, 2.45) is 0 Å². The predicted molar refractivity (Wildman–Crippen MR) is 79.2 cm³/mol. The summed E-state index contributed by atoms with van der Waals surface area (Å²) in [6.07, 6.45) is 0.388. The van der Waals surface area contributed by atoms with Gasteiger partial charge in [0.2, 0.25) is 0 Å². The zero-order valence-electron chi connectivity index (χ0n) is 12.4. The van der Waals surface area contributed by atoms with E-state index in [0.717, 1.165) is 0 Å². The van der Waals surface area contributed by atoms with Gasteiger partial charge in [-0.25, -0.2) is 4.39 Å². The average Bonchev–Trinajstić information content (AvgIpc) is 2.53. The van der Waals surface area contributed by atoms with Crippen LogP contribution in [0.25, 0.3) is 0 Å². The third-order valence-corrected chi connectivity index (χ3v) is 3.67. The minimum Gasteiger partial charge on any atom is -0.497 e. The molecule has 4 heteroatoms. The van der Waals surface area contributed by atoms with E-state index in [2.05, 4.69) is 0 Å². The van der Waals surface area contributed by atoms with Gasteiger partial charge in [-0.15, -0.1) is 0 Å². The minimum absolute atomic E-state index is 0.383. The van der Waals surface area contributed by atoms with E-state index < -0.39 is 5.60 Å². The molecule has 0 aliphatic heterocycles. The fraction of sp³-hybridized carbons (Fsp3) is 0.294. The molecule has 1 N–H and O–H groups in total. The van der Waals surface area contributed by atoms with Crippen molar-refractivity contribution < 1.29 is 19.0 Å². The fourth-order valence-corrected chi connectivity index (χ4v) is 2.44. The molecule has 0 aliphatic carbocycles. The number of methoxy groups -OCH3 is 2. The lowest BCUT2D eigenvalue weighted by molar-refractivity contribution is 0.0732. The SMILES string of the molecule is CCC(O)(c1cccc(F)c1)c1ccc(OC)cc1OC. The highest BCUT2D eigenvalue weighted by Crippen LogP contribution is 2.39. The maximum absolute atomic E-state index is 13.5. The van der Waals surface area contributed by atoms with Gasteiger partial charge in [0.1, 0.15) is 22.9 Å². The molecule has 0 saturated heterocycles. The van der Waals surface area contributed by atoms with Crippen LogP contribution in [0.5, 0.6) is 11.5 Å². The normalized spacial score (nSPS) is 13.6. The summed E-state index contributed by atoms with van der Waals surface area (Å²) in [7, 11) is 3.09. The topological polar surface area (TPSA) is 38.7 Å². The highest BCUT2D eigenvalue weighted by Gasteiger charge is 2.33. The minimum atomic E-state index is -1.32. The number of hydrogen-bond acceptors (Lipinski definition) is 3. The van der Waals surface area contributed by atoms with Crippen LogP contribution in [0.15, 0.2) is 42.5 Å². The molecule has 2 aromatic rings. The van der Waals surface area contributed by atoms with E-state index in [1.54, 1.807) is 37.4 Å². The quantitative estimate of drug-likeness (QED) is 0.916. The molecule has 0 saturated carbocycles. The van der Waals surface area contributed by atoms with Crippen LogP contribution in [0, 0.1) is 5.82 Å². The summed E-state index contributed by atoms with van der Waals surface area (Å²) in [4.78, 5) is 0. The summed E-state index contributed by atoms with van der Waals surface area (Å²) >= 11 is 0. The first kappa shape index (κ1) is 15.3. The number of rotatable bonds is 5. The summed E-state index contributed by atoms with van der Waals surface area (Å²) in [6.45, 7) is 1.84. The fourth-order valence-electron chi connectivity index (χ4n) is 2.44. The van der Waals surface area contributed by atoms with Crippen LogP contribution in [0.4, 0.5) is 4.39 Å². The number of aliphatic hydroxyl groups is 1. The van der Waals surface area contributed by atoms with Gasteiger partial charge in [0.15, 0.2) is 0 Å². The van der Waals surface area contributed by atoms with Crippen LogP contribution in [0.3, 0.4) is 0 Å². The van der Waals surface area contributed by atoms with Crippen molar-refractivity contribution in [1.29, 1.82) is 0 Å². The summed E-state index contributed by atoms with van der Waals surface area (Å²) in [5, 5.41) is 11.1. The maximum atomic E-state index is 13.5. The van der Waals surface area contributed by atoms with Gasteiger partial charge in [-0.3, -0.25) is 0 Å². The van der Waals surface area contributed by atoms with Gasteiger partial charge < -0.3 is 14.6 Å². The highest BCUT2D eigenvalue weighted by molar-refractivity contribution is 5.48. The van der Waals surface area contributed by atoms with Crippen molar-refractivity contribution in [3.05, 3.63) is 59.4 Å². The monoisotopic (exact) mass is 290 g/mol. The Bertz CT molecular complexity index is 627. The zero-order valence-corrected chi connectivity index (χ0v) is 12.4. The Labute approximate surface area is 124 Å². The van der Waals surface area contributed by atoms with Crippen molar-refractivity contribution in [1.82, 2.24) is 0 Å². The summed E-state index contributed by atoms with van der Waals surface area (Å²) in [5.74, 6) is 0.753. The molecular formula is C17H19FO3. The van der Waals surface area contributed by atoms with Crippen LogP contribution in [-0.4, -0.2) is 19.3 Å². The van der Waals surface area contributed by atoms with E-state index in [0.29, 0.717) is 29.0 Å². The molecule has 1 atom stereocenters. The van der Waals surface area contributed by atoms with Gasteiger partial charge in [0, 0.05) is 11.6 Å². The lowest BCUT2D eigenvalue weighted by Gasteiger charge is -2.29. The molecule has 21 heavy (non-hydrogen) atoms. The van der Waals surface area contributed by atoms with E-state index in [-0.39, 0.29) is 5.82 Å². The predicted octanol–water partition coefficient (Wildman–Crippen LogP) is 3.49. The Morgan fingerprint density at radius 2 is 1.86 bits per heavy atom. The summed E-state index contributed by atoms with van der Waals surface area (Å²) < 4.78 is 24.0. The number of ether oxygens (including phenoxy) is 2.